The second-order valence-electron chi connectivity index (χ2n) is 12.0. The number of unbranched alkanes of at least 4 members (excludes halogenated alkanes) is 2. The lowest BCUT2D eigenvalue weighted by molar-refractivity contribution is -0.139. The second-order valence-corrected chi connectivity index (χ2v) is 13.9. The van der Waals surface area contributed by atoms with Crippen LogP contribution in [0.15, 0.2) is 66.7 Å². The van der Waals surface area contributed by atoms with Crippen molar-refractivity contribution in [2.75, 3.05) is 30.4 Å². The van der Waals surface area contributed by atoms with E-state index in [0.717, 1.165) is 29.4 Å². The average molecular weight is 602 g/mol. The number of aliphatic hydroxyl groups excluding tert-OH is 1. The molecule has 1 spiro atoms. The molecule has 2 unspecified atom stereocenters. The van der Waals surface area contributed by atoms with Crippen LogP contribution >= 0.6 is 11.8 Å². The molecule has 0 saturated carbocycles. The van der Waals surface area contributed by atoms with Gasteiger partial charge in [-0.1, -0.05) is 30.3 Å². The van der Waals surface area contributed by atoms with Gasteiger partial charge in [-0.2, -0.15) is 0 Å². The van der Waals surface area contributed by atoms with Gasteiger partial charge in [-0.05, 0) is 93.1 Å². The van der Waals surface area contributed by atoms with Crippen LogP contribution in [-0.2, 0) is 14.4 Å². The van der Waals surface area contributed by atoms with Crippen LogP contribution in [0, 0.1) is 11.8 Å². The molecule has 3 aromatic carbocycles. The van der Waals surface area contributed by atoms with E-state index < -0.39 is 27.4 Å². The molecule has 3 aliphatic heterocycles. The standard InChI is InChI=1S/C34H39N3O5S/c1-3-42-26-15-13-24(14-16-26)35-30(39)27-28-32(41)37(19-7-4-8-20-38)29(34(28)18-17-33(27,2)43-34)31(40)36-25-12-11-22-9-5-6-10-23(22)21-25/h5-6,9-16,21,27-29,38H,3-4,7-8,17-20H2,1-2H3,(H,35,39)(H,36,40)/t27-,28+,29?,33+,34?/m1/s1. The van der Waals surface area contributed by atoms with Crippen LogP contribution in [0.3, 0.4) is 0 Å². The number of anilines is 2. The predicted octanol–water partition coefficient (Wildman–Crippen LogP) is 5.46. The monoisotopic (exact) mass is 601 g/mol. The van der Waals surface area contributed by atoms with Gasteiger partial charge in [0.15, 0.2) is 0 Å². The van der Waals surface area contributed by atoms with Crippen LogP contribution in [-0.4, -0.2) is 63.0 Å². The van der Waals surface area contributed by atoms with Gasteiger partial charge in [0.1, 0.15) is 11.8 Å². The number of likely N-dealkylation sites (tertiary alicyclic amines) is 1. The molecule has 6 rings (SSSR count). The Kier molecular flexibility index (Phi) is 8.13. The SMILES string of the molecule is CCOc1ccc(NC(=O)[C@H]2[C@H]3C(=O)N(CCCCCO)C(C(=O)Nc4ccc5ccccc5c4)C34CC[C@]2(C)S4)cc1. The van der Waals surface area contributed by atoms with Crippen molar-refractivity contribution in [2.24, 2.45) is 11.8 Å². The maximum absolute atomic E-state index is 14.3. The Balaban J connectivity index is 1.29. The molecule has 3 aromatic rings. The normalized spacial score (nSPS) is 27.4. The van der Waals surface area contributed by atoms with Crippen molar-refractivity contribution >= 4 is 51.6 Å². The molecule has 3 amide bonds. The highest BCUT2D eigenvalue weighted by molar-refractivity contribution is 8.02. The molecule has 3 fully saturated rings. The minimum absolute atomic E-state index is 0.0917. The minimum Gasteiger partial charge on any atom is -0.494 e. The summed E-state index contributed by atoms with van der Waals surface area (Å²) < 4.78 is 4.38. The molecular formula is C34H39N3O5S. The average Bonchev–Trinajstić information content (AvgIpc) is 3.57. The molecule has 5 atom stereocenters. The van der Waals surface area contributed by atoms with Crippen molar-refractivity contribution < 1.29 is 24.2 Å². The fraction of sp³-hybridized carbons (Fsp3) is 0.441. The van der Waals surface area contributed by atoms with E-state index in [1.165, 1.54) is 0 Å². The van der Waals surface area contributed by atoms with E-state index in [2.05, 4.69) is 17.6 Å². The molecule has 8 nitrogen and oxygen atoms in total. The number of thioether (sulfide) groups is 1. The Bertz CT molecular complexity index is 1530. The Hall–Kier alpha value is -3.56. The van der Waals surface area contributed by atoms with Crippen molar-refractivity contribution in [1.29, 1.82) is 0 Å². The topological polar surface area (TPSA) is 108 Å². The van der Waals surface area contributed by atoms with Gasteiger partial charge in [-0.15, -0.1) is 11.8 Å². The maximum atomic E-state index is 14.3. The van der Waals surface area contributed by atoms with Crippen molar-refractivity contribution in [3.05, 3.63) is 66.7 Å². The first-order valence-electron chi connectivity index (χ1n) is 15.2. The number of ether oxygens (including phenoxy) is 1. The van der Waals surface area contributed by atoms with E-state index in [9.17, 15) is 19.5 Å². The van der Waals surface area contributed by atoms with E-state index in [0.29, 0.717) is 43.8 Å². The summed E-state index contributed by atoms with van der Waals surface area (Å²) in [6.45, 7) is 5.06. The van der Waals surface area contributed by atoms with E-state index in [1.807, 2.05) is 73.7 Å². The first kappa shape index (κ1) is 29.5. The third-order valence-electron chi connectivity index (χ3n) is 9.31. The summed E-state index contributed by atoms with van der Waals surface area (Å²) in [4.78, 5) is 44.2. The molecule has 3 aliphatic rings. The van der Waals surface area contributed by atoms with Gasteiger partial charge in [0.25, 0.3) is 0 Å². The van der Waals surface area contributed by atoms with Gasteiger partial charge >= 0.3 is 0 Å². The summed E-state index contributed by atoms with van der Waals surface area (Å²) in [6, 6.07) is 20.4. The summed E-state index contributed by atoms with van der Waals surface area (Å²) in [7, 11) is 0. The molecule has 0 radical (unpaired) electrons. The Labute approximate surface area is 256 Å². The third-order valence-corrected chi connectivity index (χ3v) is 11.3. The molecule has 226 valence electrons. The molecule has 3 saturated heterocycles. The quantitative estimate of drug-likeness (QED) is 0.252. The van der Waals surface area contributed by atoms with Gasteiger partial charge in [0.2, 0.25) is 17.7 Å². The third kappa shape index (κ3) is 5.27. The van der Waals surface area contributed by atoms with Crippen LogP contribution in [0.25, 0.3) is 10.8 Å². The lowest BCUT2D eigenvalue weighted by atomic mass is 9.66. The minimum atomic E-state index is -0.694. The van der Waals surface area contributed by atoms with Gasteiger partial charge in [0, 0.05) is 29.3 Å². The summed E-state index contributed by atoms with van der Waals surface area (Å²) >= 11 is 1.66. The number of aliphatic hydroxyl groups is 1. The summed E-state index contributed by atoms with van der Waals surface area (Å²) in [5, 5.41) is 17.6. The van der Waals surface area contributed by atoms with Crippen LogP contribution in [0.4, 0.5) is 11.4 Å². The zero-order valence-corrected chi connectivity index (χ0v) is 25.5. The lowest BCUT2D eigenvalue weighted by Crippen LogP contribution is -2.51. The molecule has 3 heterocycles. The van der Waals surface area contributed by atoms with Gasteiger partial charge < -0.3 is 25.4 Å². The zero-order valence-electron chi connectivity index (χ0n) is 24.7. The van der Waals surface area contributed by atoms with Gasteiger partial charge in [-0.3, -0.25) is 14.4 Å². The number of hydrogen-bond acceptors (Lipinski definition) is 6. The number of amides is 3. The zero-order chi connectivity index (χ0) is 30.2. The summed E-state index contributed by atoms with van der Waals surface area (Å²) in [6.07, 6.45) is 3.52. The first-order valence-corrected chi connectivity index (χ1v) is 16.1. The van der Waals surface area contributed by atoms with Crippen molar-refractivity contribution in [3.63, 3.8) is 0 Å². The maximum Gasteiger partial charge on any atom is 0.248 e. The Morgan fingerprint density at radius 1 is 0.953 bits per heavy atom. The fourth-order valence-corrected chi connectivity index (χ4v) is 9.79. The number of carbonyl (C=O) groups is 3. The number of fused-ring (bicyclic) bond motifs is 2. The van der Waals surface area contributed by atoms with Gasteiger partial charge in [0.05, 0.1) is 23.2 Å². The summed E-state index contributed by atoms with van der Waals surface area (Å²) in [5.74, 6) is -0.948. The van der Waals surface area contributed by atoms with E-state index >= 15 is 0 Å². The predicted molar refractivity (Wildman–Crippen MR) is 170 cm³/mol. The van der Waals surface area contributed by atoms with Crippen LogP contribution in [0.2, 0.25) is 0 Å². The number of nitrogens with zero attached hydrogens (tertiary/aromatic N) is 1. The number of nitrogens with one attached hydrogen (secondary N) is 2. The molecule has 0 aromatic heterocycles. The first-order chi connectivity index (χ1) is 20.8. The van der Waals surface area contributed by atoms with Crippen LogP contribution in [0.5, 0.6) is 5.75 Å². The highest BCUT2D eigenvalue weighted by Crippen LogP contribution is 2.71. The Morgan fingerprint density at radius 2 is 1.67 bits per heavy atom. The Morgan fingerprint density at radius 3 is 2.42 bits per heavy atom. The van der Waals surface area contributed by atoms with Crippen LogP contribution < -0.4 is 15.4 Å². The molecule has 2 bridgehead atoms. The summed E-state index contributed by atoms with van der Waals surface area (Å²) in [5.41, 5.74) is 1.33. The number of carbonyl (C=O) groups excluding carboxylic acids is 3. The van der Waals surface area contributed by atoms with E-state index in [4.69, 9.17) is 4.74 Å². The van der Waals surface area contributed by atoms with E-state index in [-0.39, 0.29) is 24.3 Å². The van der Waals surface area contributed by atoms with Crippen molar-refractivity contribution in [1.82, 2.24) is 4.90 Å². The molecule has 3 N–H and O–H groups in total. The number of benzene rings is 3. The molecule has 0 aliphatic carbocycles. The second kappa shape index (κ2) is 11.8. The number of rotatable bonds is 11. The smallest absolute Gasteiger partial charge is 0.248 e. The molecule has 9 heteroatoms. The highest BCUT2D eigenvalue weighted by atomic mass is 32.2. The van der Waals surface area contributed by atoms with E-state index in [1.54, 1.807) is 16.7 Å². The van der Waals surface area contributed by atoms with Crippen LogP contribution in [0.1, 0.15) is 46.0 Å². The number of hydrogen-bond donors (Lipinski definition) is 3. The van der Waals surface area contributed by atoms with Crippen molar-refractivity contribution in [2.45, 2.75) is 61.5 Å². The van der Waals surface area contributed by atoms with Gasteiger partial charge in [-0.25, -0.2) is 0 Å². The lowest BCUT2D eigenvalue weighted by Gasteiger charge is -2.34. The highest BCUT2D eigenvalue weighted by Gasteiger charge is 2.77. The largest absolute Gasteiger partial charge is 0.494 e. The molecule has 43 heavy (non-hydrogen) atoms. The van der Waals surface area contributed by atoms with Crippen molar-refractivity contribution in [3.8, 4) is 5.75 Å². The fourth-order valence-electron chi connectivity index (χ4n) is 7.44. The molecular weight excluding hydrogens is 562 g/mol.